The van der Waals surface area contributed by atoms with Gasteiger partial charge in [0.15, 0.2) is 0 Å². The summed E-state index contributed by atoms with van der Waals surface area (Å²) in [5, 5.41) is 9.54. The zero-order chi connectivity index (χ0) is 19.9. The van der Waals surface area contributed by atoms with Crippen LogP contribution in [0.5, 0.6) is 0 Å². The van der Waals surface area contributed by atoms with Crippen LogP contribution in [0.25, 0.3) is 0 Å². The molecule has 0 spiro atoms. The van der Waals surface area contributed by atoms with E-state index in [0.29, 0.717) is 31.1 Å². The van der Waals surface area contributed by atoms with Crippen molar-refractivity contribution in [3.63, 3.8) is 0 Å². The van der Waals surface area contributed by atoms with Crippen molar-refractivity contribution in [2.75, 3.05) is 6.54 Å². The van der Waals surface area contributed by atoms with Gasteiger partial charge in [-0.25, -0.2) is 0 Å². The van der Waals surface area contributed by atoms with Crippen LogP contribution in [0, 0.1) is 0 Å². The normalized spacial score (nSPS) is 26.9. The average Bonchev–Trinajstić information content (AvgIpc) is 2.97. The average molecular weight is 384 g/mol. The van der Waals surface area contributed by atoms with Crippen molar-refractivity contribution in [3.05, 3.63) is 34.9 Å². The summed E-state index contributed by atoms with van der Waals surface area (Å²) in [7, 11) is 0. The SMILES string of the molecule is CC1(C)CC(NCc2cccc3c2CN(C2CCC(=O)NC2=O)C3=O)CCN1. The molecule has 2 fully saturated rings. The number of benzene rings is 1. The van der Waals surface area contributed by atoms with E-state index in [4.69, 9.17) is 0 Å². The third-order valence-corrected chi connectivity index (χ3v) is 6.11. The van der Waals surface area contributed by atoms with Crippen molar-refractivity contribution >= 4 is 17.7 Å². The molecule has 3 aliphatic heterocycles. The van der Waals surface area contributed by atoms with E-state index in [1.54, 1.807) is 4.90 Å². The third-order valence-electron chi connectivity index (χ3n) is 6.11. The van der Waals surface area contributed by atoms with Crippen LogP contribution in [0.15, 0.2) is 18.2 Å². The first kappa shape index (κ1) is 19.1. The molecular weight excluding hydrogens is 356 g/mol. The molecule has 3 amide bonds. The standard InChI is InChI=1S/C21H28N4O3/c1-21(2)10-14(8-9-23-21)22-11-13-4-3-5-15-16(13)12-25(20(15)28)17-6-7-18(26)24-19(17)27/h3-5,14,17,22-23H,6-12H2,1-2H3,(H,24,26,27). The first-order valence-electron chi connectivity index (χ1n) is 10.1. The zero-order valence-electron chi connectivity index (χ0n) is 16.5. The van der Waals surface area contributed by atoms with Crippen LogP contribution in [-0.2, 0) is 22.7 Å². The first-order valence-corrected chi connectivity index (χ1v) is 10.1. The lowest BCUT2D eigenvalue weighted by atomic mass is 9.89. The van der Waals surface area contributed by atoms with E-state index < -0.39 is 6.04 Å². The van der Waals surface area contributed by atoms with Gasteiger partial charge in [0, 0.05) is 36.7 Å². The number of fused-ring (bicyclic) bond motifs is 1. The Labute approximate surface area is 165 Å². The van der Waals surface area contributed by atoms with Crippen LogP contribution in [-0.4, -0.2) is 46.8 Å². The van der Waals surface area contributed by atoms with E-state index in [-0.39, 0.29) is 29.7 Å². The Kier molecular flexibility index (Phi) is 4.97. The van der Waals surface area contributed by atoms with Gasteiger partial charge in [-0.15, -0.1) is 0 Å². The van der Waals surface area contributed by atoms with Gasteiger partial charge in [0.25, 0.3) is 5.91 Å². The Hall–Kier alpha value is -2.25. The third kappa shape index (κ3) is 3.69. The monoisotopic (exact) mass is 384 g/mol. The van der Waals surface area contributed by atoms with Gasteiger partial charge in [0.2, 0.25) is 11.8 Å². The number of hydrogen-bond donors (Lipinski definition) is 3. The van der Waals surface area contributed by atoms with E-state index >= 15 is 0 Å². The summed E-state index contributed by atoms with van der Waals surface area (Å²) in [6, 6.07) is 5.67. The van der Waals surface area contributed by atoms with Gasteiger partial charge >= 0.3 is 0 Å². The van der Waals surface area contributed by atoms with Gasteiger partial charge in [-0.3, -0.25) is 19.7 Å². The summed E-state index contributed by atoms with van der Waals surface area (Å²) in [6.45, 7) is 6.57. The number of amides is 3. The maximum Gasteiger partial charge on any atom is 0.255 e. The van der Waals surface area contributed by atoms with Gasteiger partial charge in [-0.05, 0) is 56.8 Å². The molecule has 1 aromatic rings. The fourth-order valence-corrected chi connectivity index (χ4v) is 4.62. The molecule has 7 nitrogen and oxygen atoms in total. The minimum atomic E-state index is -0.566. The molecule has 0 radical (unpaired) electrons. The van der Waals surface area contributed by atoms with Crippen molar-refractivity contribution in [3.8, 4) is 0 Å². The molecule has 0 saturated carbocycles. The van der Waals surface area contributed by atoms with Crippen molar-refractivity contribution in [1.82, 2.24) is 20.9 Å². The summed E-state index contributed by atoms with van der Waals surface area (Å²) in [6.07, 6.45) is 2.81. The predicted molar refractivity (Wildman–Crippen MR) is 104 cm³/mol. The highest BCUT2D eigenvalue weighted by molar-refractivity contribution is 6.05. The summed E-state index contributed by atoms with van der Waals surface area (Å²) in [5.41, 5.74) is 2.91. The summed E-state index contributed by atoms with van der Waals surface area (Å²) in [4.78, 5) is 38.2. The lowest BCUT2D eigenvalue weighted by molar-refractivity contribution is -0.136. The summed E-state index contributed by atoms with van der Waals surface area (Å²) < 4.78 is 0. The Bertz CT molecular complexity index is 820. The largest absolute Gasteiger partial charge is 0.322 e. The first-order chi connectivity index (χ1) is 13.3. The summed E-state index contributed by atoms with van der Waals surface area (Å²) in [5.74, 6) is -0.747. The van der Waals surface area contributed by atoms with Crippen LogP contribution in [0.3, 0.4) is 0 Å². The van der Waals surface area contributed by atoms with Crippen LogP contribution < -0.4 is 16.0 Å². The topological polar surface area (TPSA) is 90.5 Å². The van der Waals surface area contributed by atoms with Crippen molar-refractivity contribution in [2.24, 2.45) is 0 Å². The van der Waals surface area contributed by atoms with Gasteiger partial charge in [-0.1, -0.05) is 12.1 Å². The minimum Gasteiger partial charge on any atom is -0.322 e. The molecule has 3 heterocycles. The molecule has 7 heteroatoms. The van der Waals surface area contributed by atoms with E-state index in [9.17, 15) is 14.4 Å². The fraction of sp³-hybridized carbons (Fsp3) is 0.571. The van der Waals surface area contributed by atoms with E-state index in [1.165, 1.54) is 0 Å². The number of rotatable bonds is 4. The molecule has 28 heavy (non-hydrogen) atoms. The predicted octanol–water partition coefficient (Wildman–Crippen LogP) is 1.07. The summed E-state index contributed by atoms with van der Waals surface area (Å²) >= 11 is 0. The quantitative estimate of drug-likeness (QED) is 0.676. The molecule has 0 aromatic heterocycles. The van der Waals surface area contributed by atoms with E-state index in [2.05, 4.69) is 35.9 Å². The van der Waals surface area contributed by atoms with Gasteiger partial charge in [0.1, 0.15) is 6.04 Å². The molecule has 2 atom stereocenters. The smallest absolute Gasteiger partial charge is 0.255 e. The second-order valence-electron chi connectivity index (χ2n) is 8.72. The molecule has 3 aliphatic rings. The number of nitrogens with one attached hydrogen (secondary N) is 3. The van der Waals surface area contributed by atoms with Crippen LogP contribution in [0.4, 0.5) is 0 Å². The van der Waals surface area contributed by atoms with E-state index in [1.807, 2.05) is 12.1 Å². The molecule has 2 saturated heterocycles. The highest BCUT2D eigenvalue weighted by Crippen LogP contribution is 2.30. The Morgan fingerprint density at radius 2 is 2.04 bits per heavy atom. The second-order valence-corrected chi connectivity index (χ2v) is 8.72. The van der Waals surface area contributed by atoms with Gasteiger partial charge < -0.3 is 15.5 Å². The number of nitrogens with zero attached hydrogens (tertiary/aromatic N) is 1. The maximum absolute atomic E-state index is 12.9. The highest BCUT2D eigenvalue weighted by Gasteiger charge is 2.39. The molecule has 2 unspecified atom stereocenters. The minimum absolute atomic E-state index is 0.116. The van der Waals surface area contributed by atoms with E-state index in [0.717, 1.165) is 30.5 Å². The lowest BCUT2D eigenvalue weighted by Gasteiger charge is -2.37. The maximum atomic E-state index is 12.9. The number of carbonyl (C=O) groups excluding carboxylic acids is 3. The Morgan fingerprint density at radius 3 is 2.79 bits per heavy atom. The van der Waals surface area contributed by atoms with Gasteiger partial charge in [-0.2, -0.15) is 0 Å². The molecule has 0 aliphatic carbocycles. The zero-order valence-corrected chi connectivity index (χ0v) is 16.5. The number of imide groups is 1. The Balaban J connectivity index is 1.47. The van der Waals surface area contributed by atoms with Crippen LogP contribution in [0.1, 0.15) is 61.0 Å². The Morgan fingerprint density at radius 1 is 1.21 bits per heavy atom. The van der Waals surface area contributed by atoms with Crippen molar-refractivity contribution < 1.29 is 14.4 Å². The highest BCUT2D eigenvalue weighted by atomic mass is 16.2. The molecular formula is C21H28N4O3. The fourth-order valence-electron chi connectivity index (χ4n) is 4.62. The number of piperidine rings is 2. The van der Waals surface area contributed by atoms with Crippen molar-refractivity contribution in [2.45, 2.75) is 70.2 Å². The second kappa shape index (κ2) is 7.29. The lowest BCUT2D eigenvalue weighted by Crippen LogP contribution is -2.52. The molecule has 4 rings (SSSR count). The van der Waals surface area contributed by atoms with Crippen molar-refractivity contribution in [1.29, 1.82) is 0 Å². The van der Waals surface area contributed by atoms with Crippen LogP contribution >= 0.6 is 0 Å². The molecule has 150 valence electrons. The molecule has 3 N–H and O–H groups in total. The molecule has 1 aromatic carbocycles. The van der Waals surface area contributed by atoms with Crippen LogP contribution in [0.2, 0.25) is 0 Å². The van der Waals surface area contributed by atoms with Gasteiger partial charge in [0.05, 0.1) is 0 Å². The number of carbonyl (C=O) groups is 3. The molecule has 0 bridgehead atoms. The number of hydrogen-bond acceptors (Lipinski definition) is 5.